The Morgan fingerprint density at radius 1 is 1.14 bits per heavy atom. The zero-order chi connectivity index (χ0) is 19.7. The maximum Gasteiger partial charge on any atom is 0.261 e. The number of fused-ring (bicyclic) bond motifs is 1. The summed E-state index contributed by atoms with van der Waals surface area (Å²) in [6.45, 7) is 0. The second-order valence-corrected chi connectivity index (χ2v) is 9.11. The normalized spacial score (nSPS) is 22.6. The van der Waals surface area contributed by atoms with Crippen LogP contribution in [0.5, 0.6) is 0 Å². The van der Waals surface area contributed by atoms with E-state index < -0.39 is 17.2 Å². The molecule has 1 aromatic carbocycles. The molecule has 2 aromatic rings. The van der Waals surface area contributed by atoms with Gasteiger partial charge in [-0.15, -0.1) is 0 Å². The van der Waals surface area contributed by atoms with Crippen LogP contribution in [0.2, 0.25) is 0 Å². The number of rotatable bonds is 5. The van der Waals surface area contributed by atoms with Crippen LogP contribution in [-0.4, -0.2) is 32.5 Å². The van der Waals surface area contributed by atoms with E-state index in [-0.39, 0.29) is 36.2 Å². The molecule has 29 heavy (non-hydrogen) atoms. The van der Waals surface area contributed by atoms with Crippen molar-refractivity contribution in [1.82, 2.24) is 9.97 Å². The fourth-order valence-electron chi connectivity index (χ4n) is 4.16. The second kappa shape index (κ2) is 9.43. The molecule has 0 atom stereocenters. The second-order valence-electron chi connectivity index (χ2n) is 7.83. The summed E-state index contributed by atoms with van der Waals surface area (Å²) in [5, 5.41) is 12.8. The first-order valence-corrected chi connectivity index (χ1v) is 11.0. The van der Waals surface area contributed by atoms with Gasteiger partial charge in [0.05, 0.1) is 23.1 Å². The molecule has 160 valence electrons. The summed E-state index contributed by atoms with van der Waals surface area (Å²) >= 11 is 1.68. The lowest BCUT2D eigenvalue weighted by molar-refractivity contribution is 0.132. The van der Waals surface area contributed by atoms with Crippen molar-refractivity contribution < 1.29 is 13.9 Å². The van der Waals surface area contributed by atoms with E-state index in [2.05, 4.69) is 15.3 Å². The van der Waals surface area contributed by atoms with Crippen LogP contribution in [0.15, 0.2) is 10.9 Å². The van der Waals surface area contributed by atoms with Crippen LogP contribution in [0.4, 0.5) is 14.5 Å². The quantitative estimate of drug-likeness (QED) is 0.646. The fraction of sp³-hybridized carbons (Fsp3) is 0.619. The molecule has 0 bridgehead atoms. The summed E-state index contributed by atoms with van der Waals surface area (Å²) in [6.07, 6.45) is 7.25. The molecule has 0 amide bonds. The molecule has 1 aromatic heterocycles. The number of anilines is 1. The first-order chi connectivity index (χ1) is 13.5. The Morgan fingerprint density at radius 2 is 1.83 bits per heavy atom. The van der Waals surface area contributed by atoms with Crippen molar-refractivity contribution in [3.63, 3.8) is 0 Å². The van der Waals surface area contributed by atoms with Gasteiger partial charge in [-0.05, 0) is 44.6 Å². The first kappa shape index (κ1) is 22.0. The Morgan fingerprint density at radius 3 is 2.52 bits per heavy atom. The Kier molecular flexibility index (Phi) is 7.16. The van der Waals surface area contributed by atoms with Gasteiger partial charge in [0.1, 0.15) is 11.2 Å². The molecule has 3 N–H and O–H groups in total. The van der Waals surface area contributed by atoms with Crippen LogP contribution in [0, 0.1) is 11.6 Å². The number of aromatic nitrogens is 2. The number of hydrogen-bond donors (Lipinski definition) is 3. The number of H-pyrrole nitrogens is 1. The molecule has 2 aliphatic carbocycles. The number of halogens is 2. The Bertz CT molecular complexity index is 907. The number of nitrogens with zero attached hydrogens (tertiary/aromatic N) is 1. The summed E-state index contributed by atoms with van der Waals surface area (Å²) in [6, 6.07) is 1.58. The largest absolute Gasteiger partial charge is 0.393 e. The fourth-order valence-corrected chi connectivity index (χ4v) is 5.29. The summed E-state index contributed by atoms with van der Waals surface area (Å²) in [7, 11) is 0. The zero-order valence-corrected chi connectivity index (χ0v) is 16.5. The van der Waals surface area contributed by atoms with Crippen LogP contribution in [0.1, 0.15) is 64.6 Å². The lowest BCUT2D eigenvalue weighted by Gasteiger charge is -2.24. The third kappa shape index (κ3) is 4.91. The number of aromatic amines is 1. The van der Waals surface area contributed by atoms with Crippen molar-refractivity contribution in [1.29, 1.82) is 0 Å². The standard InChI is InChI=1S/C20H25F2N3O2S.CH4/c21-18-15(23-11-3-1-2-4-11)9-14-17(19(18)22)20(27)25-16(24-14)10-28-13-7-5-12(26)6-8-13;/h9,11-13,23,26H,1-8,10H2,(H,24,25,27);1H4. The first-order valence-electron chi connectivity index (χ1n) is 9.98. The summed E-state index contributed by atoms with van der Waals surface area (Å²) in [4.78, 5) is 19.4. The molecule has 0 unspecified atom stereocenters. The van der Waals surface area contributed by atoms with Crippen LogP contribution in [-0.2, 0) is 5.75 Å². The van der Waals surface area contributed by atoms with Gasteiger partial charge in [-0.2, -0.15) is 11.8 Å². The predicted octanol–water partition coefficient (Wildman–Crippen LogP) is 4.73. The van der Waals surface area contributed by atoms with Gasteiger partial charge >= 0.3 is 0 Å². The Hall–Kier alpha value is -1.67. The maximum atomic E-state index is 14.5. The highest BCUT2D eigenvalue weighted by atomic mass is 32.2. The molecule has 2 saturated carbocycles. The number of aliphatic hydroxyl groups excluding tert-OH is 1. The Balaban J connectivity index is 0.00000240. The van der Waals surface area contributed by atoms with Crippen LogP contribution >= 0.6 is 11.8 Å². The maximum absolute atomic E-state index is 14.5. The van der Waals surface area contributed by atoms with E-state index in [1.54, 1.807) is 11.8 Å². The van der Waals surface area contributed by atoms with Gasteiger partial charge in [0.25, 0.3) is 5.56 Å². The van der Waals surface area contributed by atoms with Crippen molar-refractivity contribution >= 4 is 28.4 Å². The molecule has 1 heterocycles. The molecule has 8 heteroatoms. The van der Waals surface area contributed by atoms with Crippen molar-refractivity contribution in [2.24, 2.45) is 0 Å². The van der Waals surface area contributed by atoms with Gasteiger partial charge in [-0.25, -0.2) is 13.8 Å². The highest BCUT2D eigenvalue weighted by molar-refractivity contribution is 7.99. The topological polar surface area (TPSA) is 78.0 Å². The van der Waals surface area contributed by atoms with E-state index in [4.69, 9.17) is 0 Å². The molecular formula is C21H29F2N3O2S. The van der Waals surface area contributed by atoms with E-state index in [9.17, 15) is 18.7 Å². The Labute approximate surface area is 173 Å². The van der Waals surface area contributed by atoms with E-state index >= 15 is 0 Å². The van der Waals surface area contributed by atoms with E-state index in [1.165, 1.54) is 6.07 Å². The number of thioether (sulfide) groups is 1. The molecule has 0 spiro atoms. The highest BCUT2D eigenvalue weighted by Gasteiger charge is 2.23. The number of nitrogens with one attached hydrogen (secondary N) is 2. The third-order valence-electron chi connectivity index (χ3n) is 5.74. The van der Waals surface area contributed by atoms with Gasteiger partial charge in [0.15, 0.2) is 11.6 Å². The lowest BCUT2D eigenvalue weighted by Crippen LogP contribution is -2.20. The molecule has 5 nitrogen and oxygen atoms in total. The third-order valence-corrected chi connectivity index (χ3v) is 7.12. The molecular weight excluding hydrogens is 396 g/mol. The summed E-state index contributed by atoms with van der Waals surface area (Å²) in [5.74, 6) is -1.20. The molecule has 0 aliphatic heterocycles. The van der Waals surface area contributed by atoms with Crippen LogP contribution in [0.3, 0.4) is 0 Å². The predicted molar refractivity (Wildman–Crippen MR) is 114 cm³/mol. The summed E-state index contributed by atoms with van der Waals surface area (Å²) < 4.78 is 29.0. The molecule has 0 saturated heterocycles. The smallest absolute Gasteiger partial charge is 0.261 e. The average Bonchev–Trinajstić information content (AvgIpc) is 3.18. The van der Waals surface area contributed by atoms with Crippen molar-refractivity contribution in [2.45, 2.75) is 81.9 Å². The number of hydrogen-bond acceptors (Lipinski definition) is 5. The average molecular weight is 426 g/mol. The van der Waals surface area contributed by atoms with Gasteiger partial charge in [-0.1, -0.05) is 20.3 Å². The minimum absolute atomic E-state index is 0. The minimum Gasteiger partial charge on any atom is -0.393 e. The van der Waals surface area contributed by atoms with E-state index in [1.807, 2.05) is 0 Å². The van der Waals surface area contributed by atoms with E-state index in [0.29, 0.717) is 16.8 Å². The van der Waals surface area contributed by atoms with Crippen LogP contribution < -0.4 is 10.9 Å². The van der Waals surface area contributed by atoms with Crippen molar-refractivity contribution in [3.8, 4) is 0 Å². The SMILES string of the molecule is C.O=c1[nH]c(CSC2CCC(O)CC2)nc2cc(NC3CCCC3)c(F)c(F)c12. The number of benzene rings is 1. The minimum atomic E-state index is -1.15. The van der Waals surface area contributed by atoms with Gasteiger partial charge in [-0.3, -0.25) is 4.79 Å². The van der Waals surface area contributed by atoms with Gasteiger partial charge in [0.2, 0.25) is 0 Å². The molecule has 0 radical (unpaired) electrons. The van der Waals surface area contributed by atoms with Gasteiger partial charge < -0.3 is 15.4 Å². The number of aliphatic hydroxyl groups is 1. The zero-order valence-electron chi connectivity index (χ0n) is 15.6. The van der Waals surface area contributed by atoms with Crippen molar-refractivity contribution in [2.75, 3.05) is 5.32 Å². The highest BCUT2D eigenvalue weighted by Crippen LogP contribution is 2.31. The van der Waals surface area contributed by atoms with E-state index in [0.717, 1.165) is 51.4 Å². The van der Waals surface area contributed by atoms with Crippen molar-refractivity contribution in [3.05, 3.63) is 33.9 Å². The molecule has 4 rings (SSSR count). The monoisotopic (exact) mass is 425 g/mol. The lowest BCUT2D eigenvalue weighted by atomic mass is 9.97. The summed E-state index contributed by atoms with van der Waals surface area (Å²) in [5.41, 5.74) is -0.392. The van der Waals surface area contributed by atoms with Gasteiger partial charge in [0, 0.05) is 11.3 Å². The molecule has 2 aliphatic rings. The molecule has 2 fully saturated rings. The van der Waals surface area contributed by atoms with Crippen LogP contribution in [0.25, 0.3) is 10.9 Å².